The summed E-state index contributed by atoms with van der Waals surface area (Å²) < 4.78 is 5.70. The van der Waals surface area contributed by atoms with Gasteiger partial charge in [0.1, 0.15) is 5.75 Å². The van der Waals surface area contributed by atoms with E-state index >= 15 is 0 Å². The van der Waals surface area contributed by atoms with E-state index in [1.165, 1.54) is 0 Å². The summed E-state index contributed by atoms with van der Waals surface area (Å²) in [5, 5.41) is 9.58. The maximum Gasteiger partial charge on any atom is 0.308 e. The predicted molar refractivity (Wildman–Crippen MR) is 99.6 cm³/mol. The van der Waals surface area contributed by atoms with E-state index < -0.39 is 5.97 Å². The molecule has 24 heavy (non-hydrogen) atoms. The minimum absolute atomic E-state index is 0.323. The number of rotatable bonds is 4. The number of carboxylic acid groups (broad SMARTS) is 1. The smallest absolute Gasteiger partial charge is 0.308 e. The molecule has 0 radical (unpaired) electrons. The molecule has 1 N–H and O–H groups in total. The van der Waals surface area contributed by atoms with Crippen LogP contribution >= 0.6 is 11.6 Å². The van der Waals surface area contributed by atoms with E-state index in [0.717, 1.165) is 5.69 Å². The minimum Gasteiger partial charge on any atom is -0.481 e. The van der Waals surface area contributed by atoms with Gasteiger partial charge in [0, 0.05) is 31.9 Å². The van der Waals surface area contributed by atoms with Crippen LogP contribution in [0.3, 0.4) is 0 Å². The number of anilines is 1. The highest BCUT2D eigenvalue weighted by atomic mass is 35.5. The molecule has 5 nitrogen and oxygen atoms in total. The number of benzene rings is 1. The Hall–Kier alpha value is -2.01. The van der Waals surface area contributed by atoms with Gasteiger partial charge < -0.3 is 14.7 Å². The van der Waals surface area contributed by atoms with Crippen molar-refractivity contribution in [1.29, 1.82) is 0 Å². The first kappa shape index (κ1) is 20.0. The number of aliphatic carboxylic acids is 1. The second-order valence-electron chi connectivity index (χ2n) is 5.05. The molecule has 132 valence electrons. The Labute approximate surface area is 148 Å². The van der Waals surface area contributed by atoms with Crippen LogP contribution in [-0.2, 0) is 4.79 Å². The Kier molecular flexibility index (Phi) is 8.33. The first-order chi connectivity index (χ1) is 11.5. The molecular weight excluding hydrogens is 328 g/mol. The maximum atomic E-state index is 11.1. The quantitative estimate of drug-likeness (QED) is 0.649. The zero-order valence-corrected chi connectivity index (χ0v) is 15.4. The molecule has 6 heteroatoms. The molecule has 0 bridgehead atoms. The van der Waals surface area contributed by atoms with E-state index in [-0.39, 0.29) is 5.92 Å². The number of carbonyl (C=O) groups is 1. The molecule has 0 amide bonds. The van der Waals surface area contributed by atoms with Gasteiger partial charge in [-0.25, -0.2) is 0 Å². The summed E-state index contributed by atoms with van der Waals surface area (Å²) in [6.07, 6.45) is 4.23. The number of carboxylic acids is 1. The largest absolute Gasteiger partial charge is 0.481 e. The third-order valence-electron chi connectivity index (χ3n) is 3.56. The topological polar surface area (TPSA) is 62.1 Å². The van der Waals surface area contributed by atoms with E-state index in [0.29, 0.717) is 36.2 Å². The third-order valence-corrected chi connectivity index (χ3v) is 3.87. The Morgan fingerprint density at radius 2 is 2.17 bits per heavy atom. The van der Waals surface area contributed by atoms with Gasteiger partial charge in [-0.1, -0.05) is 31.5 Å². The maximum absolute atomic E-state index is 11.1. The van der Waals surface area contributed by atoms with Crippen molar-refractivity contribution in [2.24, 2.45) is 10.9 Å². The van der Waals surface area contributed by atoms with E-state index in [9.17, 15) is 4.79 Å². The van der Waals surface area contributed by atoms with Gasteiger partial charge in [-0.3, -0.25) is 9.79 Å². The second-order valence-corrected chi connectivity index (χ2v) is 5.46. The van der Waals surface area contributed by atoms with Crippen molar-refractivity contribution in [3.05, 3.63) is 35.4 Å². The van der Waals surface area contributed by atoms with Gasteiger partial charge >= 0.3 is 5.97 Å². The molecule has 0 saturated carbocycles. The molecule has 1 aliphatic heterocycles. The molecule has 1 saturated heterocycles. The first-order valence-corrected chi connectivity index (χ1v) is 8.47. The molecule has 1 unspecified atom stereocenters. The Balaban J connectivity index is 0.00000139. The van der Waals surface area contributed by atoms with Gasteiger partial charge in [-0.05, 0) is 31.6 Å². The number of nitrogens with zero attached hydrogens (tertiary/aromatic N) is 2. The summed E-state index contributed by atoms with van der Waals surface area (Å²) in [4.78, 5) is 17.1. The van der Waals surface area contributed by atoms with Gasteiger partial charge in [0.2, 0.25) is 5.90 Å². The molecular formula is C18H25ClN2O3. The number of hydrogen-bond acceptors (Lipinski definition) is 4. The normalized spacial score (nSPS) is 17.6. The van der Waals surface area contributed by atoms with E-state index in [2.05, 4.69) is 4.99 Å². The Morgan fingerprint density at radius 3 is 2.71 bits per heavy atom. The van der Waals surface area contributed by atoms with Crippen molar-refractivity contribution in [3.8, 4) is 5.75 Å². The summed E-state index contributed by atoms with van der Waals surface area (Å²) in [6, 6.07) is 5.45. The van der Waals surface area contributed by atoms with E-state index in [4.69, 9.17) is 21.4 Å². The van der Waals surface area contributed by atoms with Crippen LogP contribution in [0.1, 0.15) is 27.2 Å². The number of hydrogen-bond donors (Lipinski definition) is 1. The number of halogens is 1. The van der Waals surface area contributed by atoms with Crippen LogP contribution in [0.5, 0.6) is 5.75 Å². The number of ether oxygens (including phenoxy) is 1. The Morgan fingerprint density at radius 1 is 1.46 bits per heavy atom. The van der Waals surface area contributed by atoms with Gasteiger partial charge in [-0.2, -0.15) is 0 Å². The molecule has 0 spiro atoms. The predicted octanol–water partition coefficient (Wildman–Crippen LogP) is 4.26. The molecule has 1 aromatic carbocycles. The Bertz CT molecular complexity index is 614. The lowest BCUT2D eigenvalue weighted by molar-refractivity contribution is -0.140. The number of allylic oxidation sites excluding steroid dienone is 1. The van der Waals surface area contributed by atoms with Crippen LogP contribution in [0.15, 0.2) is 35.3 Å². The lowest BCUT2D eigenvalue weighted by atomic mass is 10.1. The lowest BCUT2D eigenvalue weighted by Gasteiger charge is -2.19. The van der Waals surface area contributed by atoms with Crippen LogP contribution in [0.4, 0.5) is 5.69 Å². The molecule has 0 aliphatic carbocycles. The highest BCUT2D eigenvalue weighted by molar-refractivity contribution is 6.32. The van der Waals surface area contributed by atoms with Crippen molar-refractivity contribution in [2.45, 2.75) is 27.2 Å². The standard InChI is InChI=1S/C16H19ClN2O3.C2H6/c1-3-4-15(18-2)22-14-9-12(5-6-13(14)17)19-8-7-11(10-19)16(20)21;1-2/h3-6,9,11H,7-8,10H2,1-2H3,(H,20,21);1-2H3/b4-3-,18-15?;. The van der Waals surface area contributed by atoms with Gasteiger partial charge in [-0.15, -0.1) is 0 Å². The van der Waals surface area contributed by atoms with Crippen LogP contribution in [0.2, 0.25) is 5.02 Å². The fraction of sp³-hybridized carbons (Fsp3) is 0.444. The summed E-state index contributed by atoms with van der Waals surface area (Å²) in [7, 11) is 1.64. The van der Waals surface area contributed by atoms with Crippen LogP contribution < -0.4 is 9.64 Å². The number of aliphatic imine (C=N–C) groups is 1. The zero-order chi connectivity index (χ0) is 18.1. The molecule has 1 aliphatic rings. The first-order valence-electron chi connectivity index (χ1n) is 8.09. The molecule has 1 fully saturated rings. The van der Waals surface area contributed by atoms with Crippen molar-refractivity contribution >= 4 is 29.2 Å². The summed E-state index contributed by atoms with van der Waals surface area (Å²) >= 11 is 6.17. The average molecular weight is 353 g/mol. The average Bonchev–Trinajstić information content (AvgIpc) is 3.08. The van der Waals surface area contributed by atoms with Crippen molar-refractivity contribution in [3.63, 3.8) is 0 Å². The monoisotopic (exact) mass is 352 g/mol. The highest BCUT2D eigenvalue weighted by Gasteiger charge is 2.28. The molecule has 1 aromatic rings. The van der Waals surface area contributed by atoms with Crippen LogP contribution in [0.25, 0.3) is 0 Å². The summed E-state index contributed by atoms with van der Waals surface area (Å²) in [5.41, 5.74) is 0.902. The molecule has 1 heterocycles. The molecule has 1 atom stereocenters. The van der Waals surface area contributed by atoms with Gasteiger partial charge in [0.15, 0.2) is 0 Å². The van der Waals surface area contributed by atoms with Crippen molar-refractivity contribution in [2.75, 3.05) is 25.0 Å². The fourth-order valence-electron chi connectivity index (χ4n) is 2.37. The van der Waals surface area contributed by atoms with Crippen LogP contribution in [0, 0.1) is 5.92 Å². The minimum atomic E-state index is -0.749. The van der Waals surface area contributed by atoms with Gasteiger partial charge in [0.25, 0.3) is 0 Å². The fourth-order valence-corrected chi connectivity index (χ4v) is 2.53. The molecule has 0 aromatic heterocycles. The lowest BCUT2D eigenvalue weighted by Crippen LogP contribution is -2.22. The van der Waals surface area contributed by atoms with Gasteiger partial charge in [0.05, 0.1) is 10.9 Å². The highest BCUT2D eigenvalue weighted by Crippen LogP contribution is 2.32. The van der Waals surface area contributed by atoms with E-state index in [1.54, 1.807) is 19.2 Å². The zero-order valence-electron chi connectivity index (χ0n) is 14.6. The molecule has 2 rings (SSSR count). The SMILES string of the molecule is C/C=C\C(=NC)Oc1cc(N2CCC(C(=O)O)C2)ccc1Cl.CC. The van der Waals surface area contributed by atoms with E-state index in [1.807, 2.05) is 43.9 Å². The van der Waals surface area contributed by atoms with Crippen LogP contribution in [-0.4, -0.2) is 37.1 Å². The third kappa shape index (κ3) is 5.27. The summed E-state index contributed by atoms with van der Waals surface area (Å²) in [6.45, 7) is 7.09. The summed E-state index contributed by atoms with van der Waals surface area (Å²) in [5.74, 6) is -0.0970. The van der Waals surface area contributed by atoms with Crippen molar-refractivity contribution < 1.29 is 14.6 Å². The van der Waals surface area contributed by atoms with Crippen molar-refractivity contribution in [1.82, 2.24) is 0 Å². The second kappa shape index (κ2) is 9.98.